The summed E-state index contributed by atoms with van der Waals surface area (Å²) in [5, 5.41) is 11.1. The van der Waals surface area contributed by atoms with E-state index in [2.05, 4.69) is 27.7 Å². The smallest absolute Gasteiger partial charge is 0.162 e. The van der Waals surface area contributed by atoms with Crippen molar-refractivity contribution in [3.63, 3.8) is 0 Å². The van der Waals surface area contributed by atoms with Crippen LogP contribution in [0.15, 0.2) is 12.1 Å². The molecule has 0 bridgehead atoms. The maximum Gasteiger partial charge on any atom is 0.162 e. The lowest BCUT2D eigenvalue weighted by Gasteiger charge is -2.29. The molecule has 4 heteroatoms. The highest BCUT2D eigenvalue weighted by atomic mass is 35.5. The van der Waals surface area contributed by atoms with Gasteiger partial charge in [0.15, 0.2) is 11.5 Å². The summed E-state index contributed by atoms with van der Waals surface area (Å²) in [4.78, 5) is 0. The Balaban J connectivity index is 2.21. The van der Waals surface area contributed by atoms with E-state index in [0.29, 0.717) is 42.1 Å². The van der Waals surface area contributed by atoms with Crippen molar-refractivity contribution in [3.05, 3.63) is 22.7 Å². The number of benzene rings is 1. The molecule has 1 aromatic carbocycles. The molecule has 1 N–H and O–H groups in total. The third-order valence-corrected chi connectivity index (χ3v) is 4.61. The van der Waals surface area contributed by atoms with Crippen LogP contribution in [0, 0.1) is 11.3 Å². The highest BCUT2D eigenvalue weighted by Crippen LogP contribution is 2.40. The van der Waals surface area contributed by atoms with Crippen molar-refractivity contribution in [2.24, 2.45) is 11.3 Å². The molecule has 21 heavy (non-hydrogen) atoms. The minimum Gasteiger partial charge on any atom is -0.490 e. The summed E-state index contributed by atoms with van der Waals surface area (Å²) in [6, 6.07) is 3.57. The van der Waals surface area contributed by atoms with Gasteiger partial charge in [-0.25, -0.2) is 0 Å². The molecule has 0 aliphatic carbocycles. The van der Waals surface area contributed by atoms with Crippen molar-refractivity contribution < 1.29 is 14.6 Å². The van der Waals surface area contributed by atoms with E-state index < -0.39 is 6.10 Å². The van der Waals surface area contributed by atoms with Crippen molar-refractivity contribution >= 4 is 11.6 Å². The van der Waals surface area contributed by atoms with Crippen LogP contribution >= 0.6 is 11.6 Å². The second kappa shape index (κ2) is 6.45. The maximum atomic E-state index is 10.5. The van der Waals surface area contributed by atoms with Crippen LogP contribution in [-0.4, -0.2) is 18.3 Å². The predicted molar refractivity (Wildman–Crippen MR) is 85.3 cm³/mol. The van der Waals surface area contributed by atoms with Crippen LogP contribution in [0.1, 0.15) is 52.2 Å². The van der Waals surface area contributed by atoms with Crippen LogP contribution in [0.25, 0.3) is 0 Å². The quantitative estimate of drug-likeness (QED) is 0.886. The fourth-order valence-electron chi connectivity index (χ4n) is 2.27. The van der Waals surface area contributed by atoms with Crippen LogP contribution in [-0.2, 0) is 0 Å². The van der Waals surface area contributed by atoms with Crippen LogP contribution in [0.2, 0.25) is 5.02 Å². The zero-order valence-corrected chi connectivity index (χ0v) is 14.0. The molecule has 3 nitrogen and oxygen atoms in total. The topological polar surface area (TPSA) is 38.7 Å². The average molecular weight is 313 g/mol. The number of rotatable bonds is 3. The van der Waals surface area contributed by atoms with Gasteiger partial charge in [0.1, 0.15) is 0 Å². The number of aliphatic hydroxyl groups excluding tert-OH is 1. The Morgan fingerprint density at radius 3 is 2.33 bits per heavy atom. The molecule has 2 rings (SSSR count). The first-order valence-corrected chi connectivity index (χ1v) is 7.94. The number of aliphatic hydroxyl groups is 1. The minimum atomic E-state index is -0.594. The standard InChI is InChI=1S/C17H25ClO3/c1-11(17(2,3)4)8-14(19)12-9-15-16(10-13(12)18)21-7-5-6-20-15/h9-11,14,19H,5-8H2,1-4H3. The van der Waals surface area contributed by atoms with Gasteiger partial charge in [-0.2, -0.15) is 0 Å². The number of ether oxygens (including phenoxy) is 2. The zero-order chi connectivity index (χ0) is 15.6. The Morgan fingerprint density at radius 2 is 1.76 bits per heavy atom. The molecule has 1 aromatic rings. The lowest BCUT2D eigenvalue weighted by Crippen LogP contribution is -2.20. The third-order valence-electron chi connectivity index (χ3n) is 4.28. The SMILES string of the molecule is CC(CC(O)c1cc2c(cc1Cl)OCCCO2)C(C)(C)C. The maximum absolute atomic E-state index is 10.5. The molecule has 2 atom stereocenters. The van der Waals surface area contributed by atoms with Gasteiger partial charge in [-0.1, -0.05) is 39.3 Å². The van der Waals surface area contributed by atoms with E-state index in [-0.39, 0.29) is 5.41 Å². The molecule has 1 aliphatic rings. The first-order valence-electron chi connectivity index (χ1n) is 7.56. The molecule has 118 valence electrons. The first-order chi connectivity index (χ1) is 9.79. The largest absolute Gasteiger partial charge is 0.490 e. The van der Waals surface area contributed by atoms with E-state index in [0.717, 1.165) is 12.0 Å². The molecule has 0 saturated carbocycles. The van der Waals surface area contributed by atoms with E-state index in [1.165, 1.54) is 0 Å². The fraction of sp³-hybridized carbons (Fsp3) is 0.647. The summed E-state index contributed by atoms with van der Waals surface area (Å²) < 4.78 is 11.3. The van der Waals surface area contributed by atoms with Crippen LogP contribution < -0.4 is 9.47 Å². The summed E-state index contributed by atoms with van der Waals surface area (Å²) in [5.41, 5.74) is 0.871. The number of hydrogen-bond donors (Lipinski definition) is 1. The van der Waals surface area contributed by atoms with Gasteiger partial charge in [0.2, 0.25) is 0 Å². The number of hydrogen-bond acceptors (Lipinski definition) is 3. The molecular weight excluding hydrogens is 288 g/mol. The molecule has 0 aromatic heterocycles. The van der Waals surface area contributed by atoms with Gasteiger partial charge in [-0.05, 0) is 23.8 Å². The lowest BCUT2D eigenvalue weighted by atomic mass is 9.78. The highest BCUT2D eigenvalue weighted by molar-refractivity contribution is 6.31. The minimum absolute atomic E-state index is 0.152. The Labute approximate surface area is 132 Å². The molecule has 0 fully saturated rings. The van der Waals surface area contributed by atoms with E-state index in [4.69, 9.17) is 21.1 Å². The van der Waals surface area contributed by atoms with Gasteiger partial charge in [-0.15, -0.1) is 0 Å². The van der Waals surface area contributed by atoms with Gasteiger partial charge in [-0.3, -0.25) is 0 Å². The molecule has 0 spiro atoms. The van der Waals surface area contributed by atoms with Crippen LogP contribution in [0.4, 0.5) is 0 Å². The van der Waals surface area contributed by atoms with Gasteiger partial charge in [0.25, 0.3) is 0 Å². The fourth-order valence-corrected chi connectivity index (χ4v) is 2.55. The van der Waals surface area contributed by atoms with Crippen molar-refractivity contribution in [1.82, 2.24) is 0 Å². The third kappa shape index (κ3) is 4.04. The second-order valence-corrected chi connectivity index (χ2v) is 7.30. The van der Waals surface area contributed by atoms with Crippen molar-refractivity contribution in [2.75, 3.05) is 13.2 Å². The lowest BCUT2D eigenvalue weighted by molar-refractivity contribution is 0.110. The summed E-state index contributed by atoms with van der Waals surface area (Å²) >= 11 is 6.31. The number of fused-ring (bicyclic) bond motifs is 1. The van der Waals surface area contributed by atoms with E-state index >= 15 is 0 Å². The van der Waals surface area contributed by atoms with Crippen molar-refractivity contribution in [1.29, 1.82) is 0 Å². The Kier molecular flexibility index (Phi) is 5.05. The molecule has 0 saturated heterocycles. The zero-order valence-electron chi connectivity index (χ0n) is 13.3. The summed E-state index contributed by atoms with van der Waals surface area (Å²) in [6.45, 7) is 9.95. The highest BCUT2D eigenvalue weighted by Gasteiger charge is 2.25. The van der Waals surface area contributed by atoms with Crippen LogP contribution in [0.5, 0.6) is 11.5 Å². The molecule has 0 amide bonds. The predicted octanol–water partition coefficient (Wildman–Crippen LogP) is 4.61. The molecular formula is C17H25ClO3. The van der Waals surface area contributed by atoms with Gasteiger partial charge in [0.05, 0.1) is 24.3 Å². The van der Waals surface area contributed by atoms with Gasteiger partial charge < -0.3 is 14.6 Å². The Bertz CT molecular complexity index is 494. The van der Waals surface area contributed by atoms with E-state index in [9.17, 15) is 5.11 Å². The molecule has 1 aliphatic heterocycles. The van der Waals surface area contributed by atoms with Crippen molar-refractivity contribution in [2.45, 2.75) is 46.6 Å². The van der Waals surface area contributed by atoms with E-state index in [1.807, 2.05) is 6.07 Å². The molecule has 2 unspecified atom stereocenters. The molecule has 1 heterocycles. The monoisotopic (exact) mass is 312 g/mol. The van der Waals surface area contributed by atoms with Crippen LogP contribution in [0.3, 0.4) is 0 Å². The molecule has 0 radical (unpaired) electrons. The summed E-state index contributed by atoms with van der Waals surface area (Å²) in [5.74, 6) is 1.71. The summed E-state index contributed by atoms with van der Waals surface area (Å²) in [7, 11) is 0. The Hall–Kier alpha value is -0.930. The normalized spacial score (nSPS) is 18.0. The van der Waals surface area contributed by atoms with Gasteiger partial charge in [0, 0.05) is 18.1 Å². The Morgan fingerprint density at radius 1 is 1.19 bits per heavy atom. The summed E-state index contributed by atoms with van der Waals surface area (Å²) in [6.07, 6.45) is 0.928. The number of halogens is 1. The average Bonchev–Trinajstić information content (AvgIpc) is 2.61. The van der Waals surface area contributed by atoms with E-state index in [1.54, 1.807) is 6.07 Å². The van der Waals surface area contributed by atoms with Gasteiger partial charge >= 0.3 is 0 Å². The van der Waals surface area contributed by atoms with Crippen molar-refractivity contribution in [3.8, 4) is 11.5 Å². The first kappa shape index (κ1) is 16.4. The second-order valence-electron chi connectivity index (χ2n) is 6.89.